The largest absolute Gasteiger partial charge is 0.453 e. The molecular weight excluding hydrogens is 825 g/mol. The zero-order chi connectivity index (χ0) is 45.4. The van der Waals surface area contributed by atoms with Crippen molar-refractivity contribution >= 4 is 29.8 Å². The number of hydrogen-bond acceptors (Lipinski definition) is 14. The number of benzene rings is 4. The minimum atomic E-state index is -1.61. The van der Waals surface area contributed by atoms with E-state index in [0.717, 1.165) is 39.0 Å². The highest BCUT2D eigenvalue weighted by molar-refractivity contribution is 5.91. The molecule has 2 fully saturated rings. The molecule has 14 nitrogen and oxygen atoms in total. The van der Waals surface area contributed by atoms with E-state index in [0.29, 0.717) is 6.42 Å². The minimum Gasteiger partial charge on any atom is -0.453 e. The Morgan fingerprint density at radius 1 is 0.438 bits per heavy atom. The third-order valence-corrected chi connectivity index (χ3v) is 10.8. The van der Waals surface area contributed by atoms with Crippen molar-refractivity contribution in [3.8, 4) is 0 Å². The SMILES string of the molecule is CCCCCCCCO[C@@H]1O[C@@H](C)[C@H](OC(=O)c2ccccc2)[C@@H](OC(=O)c2ccccc2)[C@H]1O[C@@H]1O[C@@H](C)[C@H](OC(=O)c2ccccc2)[C@@H](OC(=O)c2ccccc2)[C@H]1OC(C)=O. The van der Waals surface area contributed by atoms with E-state index in [1.807, 2.05) is 0 Å². The summed E-state index contributed by atoms with van der Waals surface area (Å²) < 4.78 is 56.3. The minimum absolute atomic E-state index is 0.169. The van der Waals surface area contributed by atoms with E-state index in [9.17, 15) is 24.0 Å². The highest BCUT2D eigenvalue weighted by atomic mass is 16.8. The van der Waals surface area contributed by atoms with Crippen molar-refractivity contribution < 1.29 is 66.6 Å². The van der Waals surface area contributed by atoms with Crippen molar-refractivity contribution in [3.63, 3.8) is 0 Å². The average molecular weight is 881 g/mol. The molecule has 0 bridgehead atoms. The molecule has 4 aromatic rings. The van der Waals surface area contributed by atoms with Gasteiger partial charge in [0.2, 0.25) is 0 Å². The van der Waals surface area contributed by atoms with Gasteiger partial charge in [0.25, 0.3) is 0 Å². The third kappa shape index (κ3) is 12.8. The molecule has 10 atom stereocenters. The predicted molar refractivity (Wildman–Crippen MR) is 231 cm³/mol. The molecule has 4 aromatic carbocycles. The zero-order valence-corrected chi connectivity index (χ0v) is 36.5. The Morgan fingerprint density at radius 2 is 0.797 bits per heavy atom. The summed E-state index contributed by atoms with van der Waals surface area (Å²) in [6.45, 7) is 6.76. The van der Waals surface area contributed by atoms with Crippen molar-refractivity contribution in [1.29, 1.82) is 0 Å². The summed E-state index contributed by atoms with van der Waals surface area (Å²) in [6, 6.07) is 32.8. The Hall–Kier alpha value is -5.93. The molecule has 2 aliphatic rings. The van der Waals surface area contributed by atoms with Gasteiger partial charge >= 0.3 is 29.8 Å². The number of hydrogen-bond donors (Lipinski definition) is 0. The van der Waals surface area contributed by atoms with E-state index in [1.165, 1.54) is 0 Å². The number of ether oxygens (including phenoxy) is 9. The van der Waals surface area contributed by atoms with Crippen LogP contribution in [0.1, 0.15) is 108 Å². The van der Waals surface area contributed by atoms with Crippen LogP contribution in [0.5, 0.6) is 0 Å². The maximum atomic E-state index is 14.0. The lowest BCUT2D eigenvalue weighted by atomic mass is 9.96. The summed E-state index contributed by atoms with van der Waals surface area (Å²) in [5.41, 5.74) is 0.820. The van der Waals surface area contributed by atoms with Crippen LogP contribution in [-0.2, 0) is 47.4 Å². The molecule has 14 heteroatoms. The van der Waals surface area contributed by atoms with Crippen molar-refractivity contribution in [2.24, 2.45) is 0 Å². The molecular formula is C50H56O14. The number of carbonyl (C=O) groups is 5. The van der Waals surface area contributed by atoms with Crippen LogP contribution >= 0.6 is 0 Å². The second-order valence-electron chi connectivity index (χ2n) is 15.7. The van der Waals surface area contributed by atoms with Gasteiger partial charge in [0, 0.05) is 13.5 Å². The second kappa shape index (κ2) is 23.7. The number of esters is 5. The molecule has 6 rings (SSSR count). The standard InChI is InChI=1S/C50H56O14/c1-5-6-7-8-9-22-31-56-49-43(41(62-47(54)37-27-18-12-19-28-37)39(32(2)57-49)60-45(52)35-23-14-10-15-24-35)64-50-44(59-34(4)51)42(63-48(55)38-29-20-13-21-30-38)40(33(3)58-50)61-46(53)36-25-16-11-17-26-36/h10-21,23-30,32-33,39-44,49-50H,5-9,22,31H2,1-4H3/t32-,33-,39-,40-,41+,42+,43+,44+,49+,50-/m0/s1. The van der Waals surface area contributed by atoms with Crippen molar-refractivity contribution in [2.75, 3.05) is 6.61 Å². The fourth-order valence-electron chi connectivity index (χ4n) is 7.54. The van der Waals surface area contributed by atoms with E-state index in [-0.39, 0.29) is 28.9 Å². The Bertz CT molecular complexity index is 2100. The Morgan fingerprint density at radius 3 is 1.20 bits per heavy atom. The highest BCUT2D eigenvalue weighted by Gasteiger charge is 2.56. The first kappa shape index (κ1) is 47.5. The average Bonchev–Trinajstić information content (AvgIpc) is 3.31. The molecule has 0 amide bonds. The first-order valence-corrected chi connectivity index (χ1v) is 21.8. The number of carbonyl (C=O) groups excluding carboxylic acids is 5. The Balaban J connectivity index is 1.38. The van der Waals surface area contributed by atoms with E-state index in [4.69, 9.17) is 42.6 Å². The molecule has 340 valence electrons. The first-order chi connectivity index (χ1) is 31.0. The third-order valence-electron chi connectivity index (χ3n) is 10.8. The van der Waals surface area contributed by atoms with Gasteiger partial charge in [0.1, 0.15) is 0 Å². The maximum Gasteiger partial charge on any atom is 0.338 e. The number of rotatable bonds is 19. The summed E-state index contributed by atoms with van der Waals surface area (Å²) in [7, 11) is 0. The Kier molecular flexibility index (Phi) is 17.6. The zero-order valence-electron chi connectivity index (χ0n) is 36.5. The van der Waals surface area contributed by atoms with Gasteiger partial charge in [0.15, 0.2) is 49.2 Å². The second-order valence-corrected chi connectivity index (χ2v) is 15.7. The summed E-state index contributed by atoms with van der Waals surface area (Å²) in [6.07, 6.45) is -7.56. The lowest BCUT2D eigenvalue weighted by molar-refractivity contribution is -0.360. The van der Waals surface area contributed by atoms with E-state index in [1.54, 1.807) is 135 Å². The van der Waals surface area contributed by atoms with Crippen LogP contribution in [0.3, 0.4) is 0 Å². The summed E-state index contributed by atoms with van der Waals surface area (Å²) in [5, 5.41) is 0. The molecule has 2 aliphatic heterocycles. The summed E-state index contributed by atoms with van der Waals surface area (Å²) in [5.74, 6) is -3.86. The van der Waals surface area contributed by atoms with Gasteiger partial charge in [-0.3, -0.25) is 4.79 Å². The maximum absolute atomic E-state index is 14.0. The van der Waals surface area contributed by atoms with Crippen LogP contribution in [0.2, 0.25) is 0 Å². The topological polar surface area (TPSA) is 168 Å². The monoisotopic (exact) mass is 880 g/mol. The van der Waals surface area contributed by atoms with Gasteiger partial charge < -0.3 is 42.6 Å². The predicted octanol–water partition coefficient (Wildman–Crippen LogP) is 8.07. The quantitative estimate of drug-likeness (QED) is 0.0504. The van der Waals surface area contributed by atoms with Crippen LogP contribution in [-0.4, -0.2) is 97.9 Å². The highest BCUT2D eigenvalue weighted by Crippen LogP contribution is 2.36. The summed E-state index contributed by atoms with van der Waals surface area (Å²) in [4.78, 5) is 68.0. The van der Waals surface area contributed by atoms with E-state index >= 15 is 0 Å². The van der Waals surface area contributed by atoms with E-state index in [2.05, 4.69) is 6.92 Å². The van der Waals surface area contributed by atoms with Gasteiger partial charge in [-0.05, 0) is 68.8 Å². The van der Waals surface area contributed by atoms with Crippen molar-refractivity contribution in [2.45, 2.75) is 128 Å². The van der Waals surface area contributed by atoms with Crippen LogP contribution < -0.4 is 0 Å². The molecule has 0 unspecified atom stereocenters. The first-order valence-electron chi connectivity index (χ1n) is 21.8. The van der Waals surface area contributed by atoms with Crippen LogP contribution in [0.15, 0.2) is 121 Å². The molecule has 64 heavy (non-hydrogen) atoms. The van der Waals surface area contributed by atoms with Crippen LogP contribution in [0.25, 0.3) is 0 Å². The molecule has 0 saturated carbocycles. The fraction of sp³-hybridized carbons (Fsp3) is 0.420. The molecule has 0 aromatic heterocycles. The normalized spacial score (nSPS) is 25.3. The lowest BCUT2D eigenvalue weighted by Crippen LogP contribution is -2.66. The number of unbranched alkanes of at least 4 members (excludes halogenated alkanes) is 5. The van der Waals surface area contributed by atoms with Crippen LogP contribution in [0, 0.1) is 0 Å². The Labute approximate surface area is 373 Å². The van der Waals surface area contributed by atoms with E-state index < -0.39 is 91.3 Å². The molecule has 0 N–H and O–H groups in total. The van der Waals surface area contributed by atoms with Crippen LogP contribution in [0.4, 0.5) is 0 Å². The van der Waals surface area contributed by atoms with Gasteiger partial charge in [-0.15, -0.1) is 0 Å². The fourth-order valence-corrected chi connectivity index (χ4v) is 7.54. The van der Waals surface area contributed by atoms with Crippen molar-refractivity contribution in [3.05, 3.63) is 144 Å². The van der Waals surface area contributed by atoms with Gasteiger partial charge in [-0.1, -0.05) is 112 Å². The molecule has 0 aliphatic carbocycles. The smallest absolute Gasteiger partial charge is 0.338 e. The van der Waals surface area contributed by atoms with Crippen molar-refractivity contribution in [1.82, 2.24) is 0 Å². The molecule has 0 spiro atoms. The lowest BCUT2D eigenvalue weighted by Gasteiger charge is -2.48. The van der Waals surface area contributed by atoms with Gasteiger partial charge in [-0.2, -0.15) is 0 Å². The van der Waals surface area contributed by atoms with Gasteiger partial charge in [-0.25, -0.2) is 19.2 Å². The molecule has 2 heterocycles. The molecule has 2 saturated heterocycles. The molecule has 0 radical (unpaired) electrons. The van der Waals surface area contributed by atoms with Gasteiger partial charge in [0.05, 0.1) is 34.5 Å². The summed E-state index contributed by atoms with van der Waals surface area (Å²) >= 11 is 0.